The van der Waals surface area contributed by atoms with Gasteiger partial charge in [-0.25, -0.2) is 0 Å². The van der Waals surface area contributed by atoms with E-state index in [0.717, 1.165) is 0 Å². The van der Waals surface area contributed by atoms with Crippen LogP contribution in [0.25, 0.3) is 0 Å². The second-order valence-electron chi connectivity index (χ2n) is 3.58. The molecule has 17 heavy (non-hydrogen) atoms. The molecule has 2 nitrogen and oxygen atoms in total. The van der Waals surface area contributed by atoms with Crippen molar-refractivity contribution in [3.05, 3.63) is 22.7 Å². The van der Waals surface area contributed by atoms with Crippen LogP contribution in [0, 0.1) is 0 Å². The average molecular weight is 315 g/mol. The van der Waals surface area contributed by atoms with Crippen molar-refractivity contribution in [2.75, 3.05) is 13.2 Å². The van der Waals surface area contributed by atoms with E-state index in [1.54, 1.807) is 6.07 Å². The molecule has 0 radical (unpaired) electrons. The van der Waals surface area contributed by atoms with Crippen molar-refractivity contribution < 1.29 is 27.0 Å². The normalized spacial score (nSPS) is 21.5. The minimum absolute atomic E-state index is 0.00884. The number of alkyl halides is 4. The number of hydrogen-bond donors (Lipinski definition) is 0. The van der Waals surface area contributed by atoms with Crippen LogP contribution in [-0.4, -0.2) is 25.1 Å². The molecular weight excluding hydrogens is 308 g/mol. The molecule has 1 aliphatic heterocycles. The second-order valence-corrected chi connectivity index (χ2v) is 4.49. The summed E-state index contributed by atoms with van der Waals surface area (Å²) in [5.74, 6) is -8.48. The Kier molecular flexibility index (Phi) is 2.97. The Labute approximate surface area is 103 Å². The summed E-state index contributed by atoms with van der Waals surface area (Å²) in [6.45, 7) is -2.76. The van der Waals surface area contributed by atoms with E-state index in [9.17, 15) is 17.6 Å². The lowest BCUT2D eigenvalue weighted by Crippen LogP contribution is -2.50. The first-order chi connectivity index (χ1) is 7.82. The van der Waals surface area contributed by atoms with Gasteiger partial charge in [-0.05, 0) is 18.2 Å². The molecule has 0 N–H and O–H groups in total. The van der Waals surface area contributed by atoms with Gasteiger partial charge >= 0.3 is 11.8 Å². The van der Waals surface area contributed by atoms with Crippen molar-refractivity contribution in [2.24, 2.45) is 0 Å². The van der Waals surface area contributed by atoms with Crippen molar-refractivity contribution in [1.29, 1.82) is 0 Å². The monoisotopic (exact) mass is 314 g/mol. The standard InChI is InChI=1S/C10H7BrF4O2/c11-6-1-2-7-8(3-6)17-5-10(14,15)9(12,13)4-16-7/h1-3H,4-5H2. The smallest absolute Gasteiger partial charge is 0.346 e. The maximum absolute atomic E-state index is 13.1. The second kappa shape index (κ2) is 4.04. The number of fused-ring (bicyclic) bond motifs is 1. The summed E-state index contributed by atoms with van der Waals surface area (Å²) >= 11 is 3.12. The first-order valence-electron chi connectivity index (χ1n) is 4.63. The quantitative estimate of drug-likeness (QED) is 0.682. The van der Waals surface area contributed by atoms with Gasteiger partial charge in [-0.1, -0.05) is 15.9 Å². The third kappa shape index (κ3) is 2.34. The molecule has 0 saturated heterocycles. The molecule has 0 atom stereocenters. The molecule has 0 amide bonds. The van der Waals surface area contributed by atoms with E-state index in [1.165, 1.54) is 12.1 Å². The van der Waals surface area contributed by atoms with Crippen LogP contribution in [0.4, 0.5) is 17.6 Å². The van der Waals surface area contributed by atoms with Gasteiger partial charge in [0.05, 0.1) is 0 Å². The highest BCUT2D eigenvalue weighted by Crippen LogP contribution is 2.40. The number of rotatable bonds is 0. The summed E-state index contributed by atoms with van der Waals surface area (Å²) in [6, 6.07) is 4.30. The third-order valence-corrected chi connectivity index (χ3v) is 2.75. The first kappa shape index (κ1) is 12.5. The highest BCUT2D eigenvalue weighted by molar-refractivity contribution is 9.10. The van der Waals surface area contributed by atoms with Crippen LogP contribution in [0.1, 0.15) is 0 Å². The van der Waals surface area contributed by atoms with Crippen LogP contribution in [0.15, 0.2) is 22.7 Å². The van der Waals surface area contributed by atoms with E-state index in [2.05, 4.69) is 25.4 Å². The zero-order chi connectivity index (χ0) is 12.7. The van der Waals surface area contributed by atoms with E-state index < -0.39 is 25.1 Å². The third-order valence-electron chi connectivity index (χ3n) is 2.26. The van der Waals surface area contributed by atoms with Crippen molar-refractivity contribution in [2.45, 2.75) is 11.8 Å². The molecule has 2 rings (SSSR count). The van der Waals surface area contributed by atoms with Gasteiger partial charge < -0.3 is 9.47 Å². The van der Waals surface area contributed by atoms with E-state index >= 15 is 0 Å². The molecule has 1 aromatic rings. The molecule has 0 aliphatic carbocycles. The number of halogens is 5. The van der Waals surface area contributed by atoms with Gasteiger partial charge in [0.25, 0.3) is 0 Å². The Balaban J connectivity index is 2.34. The highest BCUT2D eigenvalue weighted by Gasteiger charge is 2.58. The predicted molar refractivity (Wildman–Crippen MR) is 55.0 cm³/mol. The van der Waals surface area contributed by atoms with Crippen LogP contribution >= 0.6 is 15.9 Å². The SMILES string of the molecule is FC1(F)COc2ccc(Br)cc2OCC1(F)F. The lowest BCUT2D eigenvalue weighted by Gasteiger charge is -2.29. The summed E-state index contributed by atoms with van der Waals surface area (Å²) in [4.78, 5) is 0. The van der Waals surface area contributed by atoms with Crippen molar-refractivity contribution in [3.8, 4) is 11.5 Å². The van der Waals surface area contributed by atoms with Gasteiger partial charge in [0.15, 0.2) is 24.7 Å². The van der Waals surface area contributed by atoms with Crippen LogP contribution in [-0.2, 0) is 0 Å². The zero-order valence-corrected chi connectivity index (χ0v) is 9.94. The Morgan fingerprint density at radius 1 is 0.941 bits per heavy atom. The maximum Gasteiger partial charge on any atom is 0.346 e. The fourth-order valence-electron chi connectivity index (χ4n) is 1.26. The largest absolute Gasteiger partial charge is 0.483 e. The molecule has 1 aliphatic rings. The minimum atomic E-state index is -4.26. The van der Waals surface area contributed by atoms with Gasteiger partial charge in [0.1, 0.15) is 0 Å². The number of hydrogen-bond acceptors (Lipinski definition) is 2. The van der Waals surface area contributed by atoms with Crippen LogP contribution in [0.3, 0.4) is 0 Å². The molecule has 0 unspecified atom stereocenters. The summed E-state index contributed by atoms with van der Waals surface area (Å²) in [7, 11) is 0. The van der Waals surface area contributed by atoms with Gasteiger partial charge in [-0.3, -0.25) is 0 Å². The van der Waals surface area contributed by atoms with E-state index in [-0.39, 0.29) is 11.5 Å². The fraction of sp³-hybridized carbons (Fsp3) is 0.400. The molecule has 0 saturated carbocycles. The van der Waals surface area contributed by atoms with Crippen molar-refractivity contribution >= 4 is 15.9 Å². The van der Waals surface area contributed by atoms with Crippen LogP contribution in [0.5, 0.6) is 11.5 Å². The molecule has 0 spiro atoms. The Morgan fingerprint density at radius 3 is 2.06 bits per heavy atom. The fourth-order valence-corrected chi connectivity index (χ4v) is 1.60. The number of ether oxygens (including phenoxy) is 2. The zero-order valence-electron chi connectivity index (χ0n) is 8.35. The Morgan fingerprint density at radius 2 is 1.47 bits per heavy atom. The van der Waals surface area contributed by atoms with Crippen molar-refractivity contribution in [1.82, 2.24) is 0 Å². The maximum atomic E-state index is 13.1. The summed E-state index contributed by atoms with van der Waals surface area (Å²) in [5.41, 5.74) is 0. The van der Waals surface area contributed by atoms with E-state index in [4.69, 9.17) is 0 Å². The van der Waals surface area contributed by atoms with E-state index in [0.29, 0.717) is 4.47 Å². The Bertz CT molecular complexity index is 436. The first-order valence-corrected chi connectivity index (χ1v) is 5.42. The lowest BCUT2D eigenvalue weighted by atomic mass is 10.2. The molecule has 0 aromatic heterocycles. The molecule has 0 fully saturated rings. The van der Waals surface area contributed by atoms with E-state index in [1.807, 2.05) is 0 Å². The molecule has 7 heteroatoms. The van der Waals surface area contributed by atoms with Crippen molar-refractivity contribution in [3.63, 3.8) is 0 Å². The number of benzene rings is 1. The summed E-state index contributed by atoms with van der Waals surface area (Å²) < 4.78 is 62.1. The van der Waals surface area contributed by atoms with Gasteiger partial charge in [-0.15, -0.1) is 0 Å². The predicted octanol–water partition coefficient (Wildman–Crippen LogP) is 3.49. The molecular formula is C10H7BrF4O2. The van der Waals surface area contributed by atoms with Crippen LogP contribution in [0.2, 0.25) is 0 Å². The van der Waals surface area contributed by atoms with Gasteiger partial charge in [-0.2, -0.15) is 17.6 Å². The molecule has 1 heterocycles. The van der Waals surface area contributed by atoms with Gasteiger partial charge in [0.2, 0.25) is 0 Å². The van der Waals surface area contributed by atoms with Crippen LogP contribution < -0.4 is 9.47 Å². The molecule has 94 valence electrons. The van der Waals surface area contributed by atoms with Gasteiger partial charge in [0, 0.05) is 4.47 Å². The highest BCUT2D eigenvalue weighted by atomic mass is 79.9. The Hall–Kier alpha value is -0.980. The lowest BCUT2D eigenvalue weighted by molar-refractivity contribution is -0.236. The topological polar surface area (TPSA) is 18.5 Å². The molecule has 0 bridgehead atoms. The summed E-state index contributed by atoms with van der Waals surface area (Å²) in [6.07, 6.45) is 0. The molecule has 1 aromatic carbocycles. The average Bonchev–Trinajstić information content (AvgIpc) is 2.24. The minimum Gasteiger partial charge on any atom is -0.483 e. The summed E-state index contributed by atoms with van der Waals surface area (Å²) in [5, 5.41) is 0.